The molecule has 0 unspecified atom stereocenters. The number of aromatic amines is 1. The van der Waals surface area contributed by atoms with Gasteiger partial charge in [-0.05, 0) is 26.2 Å². The molecule has 1 fully saturated rings. The SMILES string of the molecule is CCCn1c(SCC(=O)N([C@H]2CCS(=O)(=O)C2)[C@H](C)CC)n[nH]c1=O. The molecule has 0 radical (unpaired) electrons. The maximum absolute atomic E-state index is 12.8. The Balaban J connectivity index is 2.09. The Hall–Kier alpha value is -1.29. The van der Waals surface area contributed by atoms with Crippen molar-refractivity contribution in [3.63, 3.8) is 0 Å². The first-order valence-corrected chi connectivity index (χ1v) is 11.4. The molecule has 1 aromatic heterocycles. The van der Waals surface area contributed by atoms with Gasteiger partial charge in [0.1, 0.15) is 0 Å². The number of carbonyl (C=O) groups excluding carboxylic acids is 1. The largest absolute Gasteiger partial charge is 0.343 e. The average molecular weight is 391 g/mol. The number of nitrogens with zero attached hydrogens (tertiary/aromatic N) is 3. The lowest BCUT2D eigenvalue weighted by Crippen LogP contribution is -2.47. The summed E-state index contributed by atoms with van der Waals surface area (Å²) in [6, 6.07) is -0.284. The smallest absolute Gasteiger partial charge is 0.335 e. The number of sulfone groups is 1. The van der Waals surface area contributed by atoms with E-state index < -0.39 is 9.84 Å². The van der Waals surface area contributed by atoms with Crippen molar-refractivity contribution in [3.05, 3.63) is 10.5 Å². The molecule has 10 heteroatoms. The second kappa shape index (κ2) is 8.39. The molecule has 1 aliphatic rings. The van der Waals surface area contributed by atoms with Gasteiger partial charge in [-0.1, -0.05) is 25.6 Å². The first kappa shape index (κ1) is 20.0. The minimum absolute atomic E-state index is 0.0246. The van der Waals surface area contributed by atoms with E-state index in [9.17, 15) is 18.0 Å². The summed E-state index contributed by atoms with van der Waals surface area (Å²) >= 11 is 1.21. The standard InChI is InChI=1S/C15H26N4O4S2/c1-4-7-18-14(21)16-17-15(18)24-9-13(20)19(11(3)5-2)12-6-8-25(22,23)10-12/h11-12H,4-10H2,1-3H3,(H,16,21)/t11-,12+/m1/s1. The molecule has 0 bridgehead atoms. The van der Waals surface area contributed by atoms with Crippen molar-refractivity contribution in [2.75, 3.05) is 17.3 Å². The lowest BCUT2D eigenvalue weighted by Gasteiger charge is -2.33. The first-order valence-electron chi connectivity index (χ1n) is 8.58. The Kier molecular flexibility index (Phi) is 6.72. The highest BCUT2D eigenvalue weighted by molar-refractivity contribution is 7.99. The van der Waals surface area contributed by atoms with Crippen LogP contribution in [0.1, 0.15) is 40.0 Å². The Bertz CT molecular complexity index is 756. The van der Waals surface area contributed by atoms with Gasteiger partial charge in [0.15, 0.2) is 15.0 Å². The van der Waals surface area contributed by atoms with Gasteiger partial charge in [-0.2, -0.15) is 0 Å². The third kappa shape index (κ3) is 4.87. The van der Waals surface area contributed by atoms with Gasteiger partial charge in [-0.25, -0.2) is 18.3 Å². The Labute approximate surface area is 152 Å². The molecule has 0 saturated carbocycles. The topological polar surface area (TPSA) is 105 Å². The van der Waals surface area contributed by atoms with Crippen molar-refractivity contribution in [2.24, 2.45) is 0 Å². The highest BCUT2D eigenvalue weighted by Crippen LogP contribution is 2.23. The predicted octanol–water partition coefficient (Wildman–Crippen LogP) is 0.888. The van der Waals surface area contributed by atoms with Gasteiger partial charge >= 0.3 is 5.69 Å². The van der Waals surface area contributed by atoms with Gasteiger partial charge in [0, 0.05) is 18.6 Å². The zero-order valence-electron chi connectivity index (χ0n) is 14.9. The number of hydrogen-bond acceptors (Lipinski definition) is 6. The van der Waals surface area contributed by atoms with Crippen LogP contribution in [0.3, 0.4) is 0 Å². The van der Waals surface area contributed by atoms with Crippen molar-refractivity contribution in [1.29, 1.82) is 0 Å². The molecule has 2 rings (SSSR count). The van der Waals surface area contributed by atoms with Crippen molar-refractivity contribution in [1.82, 2.24) is 19.7 Å². The van der Waals surface area contributed by atoms with Crippen LogP contribution in [0.2, 0.25) is 0 Å². The van der Waals surface area contributed by atoms with E-state index in [1.54, 1.807) is 4.90 Å². The summed E-state index contributed by atoms with van der Waals surface area (Å²) in [4.78, 5) is 26.2. The van der Waals surface area contributed by atoms with Gasteiger partial charge in [-0.3, -0.25) is 9.36 Å². The van der Waals surface area contributed by atoms with Gasteiger partial charge in [0.05, 0.1) is 17.3 Å². The second-order valence-corrected chi connectivity index (χ2v) is 9.54. The molecule has 1 aliphatic heterocycles. The number of carbonyl (C=O) groups is 1. The minimum Gasteiger partial charge on any atom is -0.335 e. The van der Waals surface area contributed by atoms with Crippen LogP contribution in [0.15, 0.2) is 9.95 Å². The number of nitrogens with one attached hydrogen (secondary N) is 1. The van der Waals surface area contributed by atoms with E-state index in [0.717, 1.165) is 12.8 Å². The van der Waals surface area contributed by atoms with Crippen LogP contribution in [-0.2, 0) is 21.2 Å². The predicted molar refractivity (Wildman–Crippen MR) is 97.5 cm³/mol. The fourth-order valence-corrected chi connectivity index (χ4v) is 5.59. The van der Waals surface area contributed by atoms with Crippen molar-refractivity contribution in [3.8, 4) is 0 Å². The minimum atomic E-state index is -3.06. The number of amides is 1. The summed E-state index contributed by atoms with van der Waals surface area (Å²) in [5, 5.41) is 6.87. The molecule has 142 valence electrons. The van der Waals surface area contributed by atoms with Crippen LogP contribution in [0.4, 0.5) is 0 Å². The summed E-state index contributed by atoms with van der Waals surface area (Å²) in [6.07, 6.45) is 2.04. The van der Waals surface area contributed by atoms with Crippen molar-refractivity contribution >= 4 is 27.5 Å². The number of aromatic nitrogens is 3. The third-order valence-corrected chi connectivity index (χ3v) is 7.16. The number of H-pyrrole nitrogens is 1. The number of hydrogen-bond donors (Lipinski definition) is 1. The fraction of sp³-hybridized carbons (Fsp3) is 0.800. The van der Waals surface area contributed by atoms with Crippen LogP contribution >= 0.6 is 11.8 Å². The monoisotopic (exact) mass is 390 g/mol. The van der Waals surface area contributed by atoms with Crippen molar-refractivity contribution in [2.45, 2.75) is 63.8 Å². The third-order valence-electron chi connectivity index (χ3n) is 4.45. The van der Waals surface area contributed by atoms with Gasteiger partial charge < -0.3 is 4.90 Å². The molecule has 1 N–H and O–H groups in total. The molecule has 1 amide bonds. The molecule has 25 heavy (non-hydrogen) atoms. The maximum atomic E-state index is 12.8. The summed E-state index contributed by atoms with van der Waals surface area (Å²) in [7, 11) is -3.06. The van der Waals surface area contributed by atoms with Crippen molar-refractivity contribution < 1.29 is 13.2 Å². The zero-order valence-corrected chi connectivity index (χ0v) is 16.5. The molecule has 1 aromatic rings. The van der Waals surface area contributed by atoms with Gasteiger partial charge in [0.25, 0.3) is 0 Å². The van der Waals surface area contributed by atoms with E-state index in [1.807, 2.05) is 20.8 Å². The summed E-state index contributed by atoms with van der Waals surface area (Å²) in [6.45, 7) is 6.43. The highest BCUT2D eigenvalue weighted by atomic mass is 32.2. The molecular weight excluding hydrogens is 364 g/mol. The maximum Gasteiger partial charge on any atom is 0.343 e. The summed E-state index contributed by atoms with van der Waals surface area (Å²) in [5.74, 6) is 0.200. The zero-order chi connectivity index (χ0) is 18.6. The van der Waals surface area contributed by atoms with Crippen LogP contribution in [0.5, 0.6) is 0 Å². The van der Waals surface area contributed by atoms with Crippen LogP contribution in [0, 0.1) is 0 Å². The highest BCUT2D eigenvalue weighted by Gasteiger charge is 2.36. The van der Waals surface area contributed by atoms with E-state index >= 15 is 0 Å². The molecule has 0 spiro atoms. The molecule has 8 nitrogen and oxygen atoms in total. The Morgan fingerprint density at radius 1 is 1.48 bits per heavy atom. The normalized spacial score (nSPS) is 20.5. The molecule has 2 heterocycles. The first-order chi connectivity index (χ1) is 11.8. The average Bonchev–Trinajstić information content (AvgIpc) is 3.09. The fourth-order valence-electron chi connectivity index (χ4n) is 3.04. The molecule has 0 aliphatic carbocycles. The van der Waals surface area contributed by atoms with Gasteiger partial charge in [0.2, 0.25) is 5.91 Å². The van der Waals surface area contributed by atoms with Crippen LogP contribution in [0.25, 0.3) is 0 Å². The van der Waals surface area contributed by atoms with Gasteiger partial charge in [-0.15, -0.1) is 5.10 Å². The number of thioether (sulfide) groups is 1. The lowest BCUT2D eigenvalue weighted by atomic mass is 10.1. The van der Waals surface area contributed by atoms with E-state index in [-0.39, 0.29) is 40.9 Å². The second-order valence-electron chi connectivity index (χ2n) is 6.37. The van der Waals surface area contributed by atoms with E-state index in [0.29, 0.717) is 18.1 Å². The van der Waals surface area contributed by atoms with Crippen LogP contribution < -0.4 is 5.69 Å². The quantitative estimate of drug-likeness (QED) is 0.661. The van der Waals surface area contributed by atoms with E-state index in [2.05, 4.69) is 10.2 Å². The van der Waals surface area contributed by atoms with E-state index in [4.69, 9.17) is 0 Å². The summed E-state index contributed by atoms with van der Waals surface area (Å²) in [5.41, 5.74) is -0.280. The van der Waals surface area contributed by atoms with E-state index in [1.165, 1.54) is 16.3 Å². The molecular formula is C15H26N4O4S2. The van der Waals surface area contributed by atoms with Crippen LogP contribution in [-0.4, -0.2) is 63.3 Å². The lowest BCUT2D eigenvalue weighted by molar-refractivity contribution is -0.132. The molecule has 1 saturated heterocycles. The Morgan fingerprint density at radius 3 is 2.76 bits per heavy atom. The molecule has 2 atom stereocenters. The molecule has 0 aromatic carbocycles. The number of rotatable bonds is 8. The Morgan fingerprint density at radius 2 is 2.20 bits per heavy atom. The summed E-state index contributed by atoms with van der Waals surface area (Å²) < 4.78 is 25.1.